The summed E-state index contributed by atoms with van der Waals surface area (Å²) in [5.74, 6) is -0.317. The van der Waals surface area contributed by atoms with Crippen molar-refractivity contribution in [2.45, 2.75) is 6.54 Å². The van der Waals surface area contributed by atoms with Crippen LogP contribution in [0.15, 0.2) is 16.7 Å². The average Bonchev–Trinajstić information content (AvgIpc) is 1.85. The highest BCUT2D eigenvalue weighted by molar-refractivity contribution is 9.10. The molecule has 1 aromatic rings. The van der Waals surface area contributed by atoms with Gasteiger partial charge in [-0.2, -0.15) is 0 Å². The van der Waals surface area contributed by atoms with Crippen molar-refractivity contribution in [3.05, 3.63) is 28.2 Å². The fourth-order valence-electron chi connectivity index (χ4n) is 0.621. The summed E-state index contributed by atoms with van der Waals surface area (Å²) < 4.78 is 13.0. The molecule has 2 nitrogen and oxygen atoms in total. The van der Waals surface area contributed by atoms with Gasteiger partial charge in [-0.05, 0) is 22.0 Å². The highest BCUT2D eigenvalue weighted by Crippen LogP contribution is 2.09. The zero-order valence-corrected chi connectivity index (χ0v) is 6.73. The molecule has 0 atom stereocenters. The minimum atomic E-state index is -0.317. The minimum Gasteiger partial charge on any atom is -0.325 e. The fourth-order valence-corrected chi connectivity index (χ4v) is 1.07. The van der Waals surface area contributed by atoms with Crippen molar-refractivity contribution in [3.8, 4) is 0 Å². The second-order valence-corrected chi connectivity index (χ2v) is 2.62. The van der Waals surface area contributed by atoms with Crippen LogP contribution in [0.5, 0.6) is 0 Å². The van der Waals surface area contributed by atoms with Gasteiger partial charge in [-0.1, -0.05) is 0 Å². The van der Waals surface area contributed by atoms with Crippen LogP contribution >= 0.6 is 15.9 Å². The van der Waals surface area contributed by atoms with E-state index in [1.165, 1.54) is 12.1 Å². The van der Waals surface area contributed by atoms with Gasteiger partial charge in [-0.25, -0.2) is 9.37 Å². The number of hydrogen-bond donors (Lipinski definition) is 1. The Hall–Kier alpha value is -0.480. The van der Waals surface area contributed by atoms with Gasteiger partial charge in [0.15, 0.2) is 0 Å². The molecular weight excluding hydrogens is 199 g/mol. The molecule has 10 heavy (non-hydrogen) atoms. The maximum Gasteiger partial charge on any atom is 0.127 e. The van der Waals surface area contributed by atoms with E-state index in [9.17, 15) is 4.39 Å². The zero-order valence-electron chi connectivity index (χ0n) is 5.14. The molecule has 1 aromatic heterocycles. The van der Waals surface area contributed by atoms with Crippen LogP contribution in [0.1, 0.15) is 5.69 Å². The molecule has 0 saturated heterocycles. The number of aromatic nitrogens is 1. The normalized spacial score (nSPS) is 9.90. The number of pyridine rings is 1. The molecule has 1 heterocycles. The summed E-state index contributed by atoms with van der Waals surface area (Å²) in [5, 5.41) is 0. The monoisotopic (exact) mass is 204 g/mol. The van der Waals surface area contributed by atoms with Crippen LogP contribution in [0.3, 0.4) is 0 Å². The molecule has 0 bridgehead atoms. The van der Waals surface area contributed by atoms with Crippen molar-refractivity contribution in [2.24, 2.45) is 5.73 Å². The lowest BCUT2D eigenvalue weighted by molar-refractivity contribution is 0.620. The van der Waals surface area contributed by atoms with Crippen molar-refractivity contribution >= 4 is 15.9 Å². The van der Waals surface area contributed by atoms with Crippen molar-refractivity contribution in [1.82, 2.24) is 4.98 Å². The topological polar surface area (TPSA) is 38.9 Å². The van der Waals surface area contributed by atoms with Gasteiger partial charge in [0.05, 0.1) is 5.69 Å². The van der Waals surface area contributed by atoms with Crippen molar-refractivity contribution in [3.63, 3.8) is 0 Å². The highest BCUT2D eigenvalue weighted by atomic mass is 79.9. The molecule has 54 valence electrons. The molecule has 2 N–H and O–H groups in total. The van der Waals surface area contributed by atoms with E-state index in [0.29, 0.717) is 10.3 Å². The number of hydrogen-bond acceptors (Lipinski definition) is 2. The number of nitrogens with two attached hydrogens (primary N) is 1. The summed E-state index contributed by atoms with van der Waals surface area (Å²) in [6.07, 6.45) is 0. The van der Waals surface area contributed by atoms with E-state index in [1.807, 2.05) is 0 Å². The summed E-state index contributed by atoms with van der Waals surface area (Å²) in [4.78, 5) is 3.90. The van der Waals surface area contributed by atoms with E-state index >= 15 is 0 Å². The van der Waals surface area contributed by atoms with Gasteiger partial charge in [-0.15, -0.1) is 0 Å². The Morgan fingerprint density at radius 3 is 2.80 bits per heavy atom. The first-order chi connectivity index (χ1) is 4.72. The standard InChI is InChI=1S/C6H6BrFN2/c7-6-2-4(8)1-5(3-9)10-6/h1-2H,3,9H2. The van der Waals surface area contributed by atoms with Gasteiger partial charge in [-0.3, -0.25) is 0 Å². The van der Waals surface area contributed by atoms with Gasteiger partial charge in [0.2, 0.25) is 0 Å². The Kier molecular flexibility index (Phi) is 2.34. The molecule has 0 aliphatic heterocycles. The third-order valence-electron chi connectivity index (χ3n) is 1.02. The largest absolute Gasteiger partial charge is 0.325 e. The van der Waals surface area contributed by atoms with Crippen LogP contribution in [-0.4, -0.2) is 4.98 Å². The lowest BCUT2D eigenvalue weighted by Gasteiger charge is -1.95. The summed E-state index contributed by atoms with van der Waals surface area (Å²) in [6.45, 7) is 0.260. The first-order valence-electron chi connectivity index (χ1n) is 2.74. The summed E-state index contributed by atoms with van der Waals surface area (Å²) in [5.41, 5.74) is 5.79. The Bertz CT molecular complexity index is 219. The van der Waals surface area contributed by atoms with Crippen LogP contribution < -0.4 is 5.73 Å². The molecular formula is C6H6BrFN2. The number of nitrogens with zero attached hydrogens (tertiary/aromatic N) is 1. The predicted molar refractivity (Wildman–Crippen MR) is 39.8 cm³/mol. The Balaban J connectivity index is 3.06. The maximum absolute atomic E-state index is 12.5. The SMILES string of the molecule is NCc1cc(F)cc(Br)n1. The van der Waals surface area contributed by atoms with Crippen LogP contribution in [-0.2, 0) is 6.54 Å². The Labute approximate surface area is 66.4 Å². The van der Waals surface area contributed by atoms with Crippen molar-refractivity contribution in [1.29, 1.82) is 0 Å². The molecule has 0 unspecified atom stereocenters. The van der Waals surface area contributed by atoms with E-state index in [-0.39, 0.29) is 12.4 Å². The van der Waals surface area contributed by atoms with Crippen LogP contribution in [0.4, 0.5) is 4.39 Å². The Morgan fingerprint density at radius 2 is 2.30 bits per heavy atom. The molecule has 0 saturated carbocycles. The molecule has 0 spiro atoms. The van der Waals surface area contributed by atoms with Crippen LogP contribution in [0.2, 0.25) is 0 Å². The lowest BCUT2D eigenvalue weighted by atomic mass is 10.3. The highest BCUT2D eigenvalue weighted by Gasteiger charge is 1.96. The van der Waals surface area contributed by atoms with E-state index in [4.69, 9.17) is 5.73 Å². The smallest absolute Gasteiger partial charge is 0.127 e. The molecule has 4 heteroatoms. The van der Waals surface area contributed by atoms with E-state index in [1.54, 1.807) is 0 Å². The molecule has 0 radical (unpaired) electrons. The second kappa shape index (κ2) is 3.07. The lowest BCUT2D eigenvalue weighted by Crippen LogP contribution is -2.00. The Morgan fingerprint density at radius 1 is 1.60 bits per heavy atom. The number of halogens is 2. The molecule has 0 fully saturated rings. The quantitative estimate of drug-likeness (QED) is 0.704. The summed E-state index contributed by atoms with van der Waals surface area (Å²) in [6, 6.07) is 2.60. The average molecular weight is 205 g/mol. The molecule has 0 aliphatic rings. The van der Waals surface area contributed by atoms with Gasteiger partial charge >= 0.3 is 0 Å². The van der Waals surface area contributed by atoms with E-state index in [2.05, 4.69) is 20.9 Å². The van der Waals surface area contributed by atoms with Crippen LogP contribution in [0.25, 0.3) is 0 Å². The summed E-state index contributed by atoms with van der Waals surface area (Å²) >= 11 is 3.05. The number of rotatable bonds is 1. The van der Waals surface area contributed by atoms with Gasteiger partial charge in [0.25, 0.3) is 0 Å². The first-order valence-corrected chi connectivity index (χ1v) is 3.53. The third-order valence-corrected chi connectivity index (χ3v) is 1.43. The van der Waals surface area contributed by atoms with Crippen LogP contribution in [0, 0.1) is 5.82 Å². The molecule has 1 rings (SSSR count). The van der Waals surface area contributed by atoms with Crippen molar-refractivity contribution < 1.29 is 4.39 Å². The second-order valence-electron chi connectivity index (χ2n) is 1.80. The fraction of sp³-hybridized carbons (Fsp3) is 0.167. The van der Waals surface area contributed by atoms with Gasteiger partial charge < -0.3 is 5.73 Å². The van der Waals surface area contributed by atoms with E-state index < -0.39 is 0 Å². The first kappa shape index (κ1) is 7.63. The summed E-state index contributed by atoms with van der Waals surface area (Å²) in [7, 11) is 0. The molecule has 0 amide bonds. The maximum atomic E-state index is 12.5. The third kappa shape index (κ3) is 1.75. The van der Waals surface area contributed by atoms with Gasteiger partial charge in [0.1, 0.15) is 10.4 Å². The zero-order chi connectivity index (χ0) is 7.56. The minimum absolute atomic E-state index is 0.260. The molecule has 0 aliphatic carbocycles. The molecule has 0 aromatic carbocycles. The predicted octanol–water partition coefficient (Wildman–Crippen LogP) is 1.44. The van der Waals surface area contributed by atoms with Gasteiger partial charge in [0, 0.05) is 12.6 Å². The van der Waals surface area contributed by atoms with Crippen molar-refractivity contribution in [2.75, 3.05) is 0 Å². The van der Waals surface area contributed by atoms with E-state index in [0.717, 1.165) is 0 Å².